The Bertz CT molecular complexity index is 991. The highest BCUT2D eigenvalue weighted by atomic mass is 79.9. The fourth-order valence-electron chi connectivity index (χ4n) is 3.76. The van der Waals surface area contributed by atoms with Gasteiger partial charge in [-0.3, -0.25) is 10.00 Å². The van der Waals surface area contributed by atoms with Gasteiger partial charge in [-0.15, -0.1) is 0 Å². The maximum Gasteiger partial charge on any atom is 0.401 e. The van der Waals surface area contributed by atoms with Crippen LogP contribution in [-0.4, -0.2) is 34.4 Å². The van der Waals surface area contributed by atoms with Gasteiger partial charge in [-0.2, -0.15) is 18.3 Å². The molecule has 27 heavy (non-hydrogen) atoms. The van der Waals surface area contributed by atoms with Gasteiger partial charge in [-0.1, -0.05) is 22.0 Å². The highest BCUT2D eigenvalue weighted by Gasteiger charge is 2.40. The van der Waals surface area contributed by atoms with Crippen LogP contribution in [0.15, 0.2) is 34.9 Å². The number of aromatic nitrogens is 2. The molecule has 0 fully saturated rings. The number of hydrogen-bond acceptors (Lipinski definition) is 2. The van der Waals surface area contributed by atoms with E-state index in [0.29, 0.717) is 12.0 Å². The first kappa shape index (κ1) is 18.4. The predicted molar refractivity (Wildman–Crippen MR) is 93.3 cm³/mol. The van der Waals surface area contributed by atoms with Gasteiger partial charge in [-0.25, -0.2) is 8.78 Å². The van der Waals surface area contributed by atoms with E-state index < -0.39 is 30.4 Å². The third kappa shape index (κ3) is 3.34. The van der Waals surface area contributed by atoms with Crippen molar-refractivity contribution in [2.24, 2.45) is 0 Å². The summed E-state index contributed by atoms with van der Waals surface area (Å²) in [6.07, 6.45) is -2.57. The monoisotopic (exact) mass is 445 g/mol. The third-order valence-electron chi connectivity index (χ3n) is 4.78. The summed E-state index contributed by atoms with van der Waals surface area (Å²) in [5, 5.41) is 7.52. The van der Waals surface area contributed by atoms with Gasteiger partial charge in [-0.05, 0) is 35.7 Å². The van der Waals surface area contributed by atoms with E-state index in [4.69, 9.17) is 0 Å². The predicted octanol–water partition coefficient (Wildman–Crippen LogP) is 5.11. The van der Waals surface area contributed by atoms with Crippen molar-refractivity contribution in [2.45, 2.75) is 18.6 Å². The van der Waals surface area contributed by atoms with E-state index in [9.17, 15) is 22.0 Å². The molecule has 1 aliphatic heterocycles. The number of halogens is 6. The summed E-state index contributed by atoms with van der Waals surface area (Å²) in [5.74, 6) is -1.78. The quantitative estimate of drug-likeness (QED) is 0.555. The molecule has 0 saturated heterocycles. The summed E-state index contributed by atoms with van der Waals surface area (Å²) in [4.78, 5) is 1.07. The smallest absolute Gasteiger partial charge is 0.283 e. The Morgan fingerprint density at radius 2 is 1.89 bits per heavy atom. The molecule has 1 aliphatic rings. The second kappa shape index (κ2) is 6.56. The molecule has 0 saturated carbocycles. The van der Waals surface area contributed by atoms with Crippen LogP contribution in [0.5, 0.6) is 0 Å². The minimum atomic E-state index is -4.49. The molecule has 2 heterocycles. The molecule has 3 nitrogen and oxygen atoms in total. The number of H-pyrrole nitrogens is 1. The Morgan fingerprint density at radius 3 is 2.56 bits per heavy atom. The van der Waals surface area contributed by atoms with Crippen LogP contribution in [0.4, 0.5) is 22.0 Å². The van der Waals surface area contributed by atoms with E-state index in [2.05, 4.69) is 26.1 Å². The minimum absolute atomic E-state index is 0.0242. The number of hydrogen-bond donors (Lipinski definition) is 1. The normalized spacial score (nSPS) is 18.1. The van der Waals surface area contributed by atoms with Crippen molar-refractivity contribution in [1.82, 2.24) is 15.1 Å². The summed E-state index contributed by atoms with van der Waals surface area (Å²) < 4.78 is 68.9. The second-order valence-electron chi connectivity index (χ2n) is 6.49. The Labute approximate surface area is 159 Å². The number of rotatable bonds is 2. The first-order valence-electron chi connectivity index (χ1n) is 8.14. The maximum absolute atomic E-state index is 14.7. The van der Waals surface area contributed by atoms with E-state index in [1.807, 2.05) is 0 Å². The summed E-state index contributed by atoms with van der Waals surface area (Å²) in [6.45, 7) is -1.23. The van der Waals surface area contributed by atoms with E-state index in [-0.39, 0.29) is 16.6 Å². The minimum Gasteiger partial charge on any atom is -0.283 e. The van der Waals surface area contributed by atoms with Crippen molar-refractivity contribution in [3.63, 3.8) is 0 Å². The van der Waals surface area contributed by atoms with Crippen LogP contribution < -0.4 is 0 Å². The van der Waals surface area contributed by atoms with Crippen LogP contribution in [0, 0.1) is 11.6 Å². The summed E-state index contributed by atoms with van der Waals surface area (Å²) in [6, 6.07) is 4.23. The molecule has 2 aromatic carbocycles. The molecule has 142 valence electrons. The van der Waals surface area contributed by atoms with Gasteiger partial charge in [0.1, 0.15) is 11.6 Å². The fourth-order valence-corrected chi connectivity index (χ4v) is 4.16. The van der Waals surface area contributed by atoms with Crippen molar-refractivity contribution in [3.8, 4) is 0 Å². The molecule has 1 atom stereocenters. The molecular formula is C18H13BrF5N3. The summed E-state index contributed by atoms with van der Waals surface area (Å²) in [7, 11) is 0. The van der Waals surface area contributed by atoms with E-state index >= 15 is 0 Å². The SMILES string of the molecule is Fc1cc(Br)cc(F)c1C1c2ccc3[nH]ncc3c2CCN1CC(F)(F)F. The molecule has 3 aromatic rings. The molecule has 1 aromatic heterocycles. The summed E-state index contributed by atoms with van der Waals surface area (Å²) in [5.41, 5.74) is 1.56. The van der Waals surface area contributed by atoms with Crippen LogP contribution in [0.25, 0.3) is 10.9 Å². The fraction of sp³-hybridized carbons (Fsp3) is 0.278. The van der Waals surface area contributed by atoms with E-state index in [0.717, 1.165) is 33.5 Å². The van der Waals surface area contributed by atoms with Gasteiger partial charge in [0.25, 0.3) is 0 Å². The molecule has 0 bridgehead atoms. The largest absolute Gasteiger partial charge is 0.401 e. The molecule has 4 rings (SSSR count). The van der Waals surface area contributed by atoms with E-state index in [1.165, 1.54) is 0 Å². The Kier molecular flexibility index (Phi) is 4.46. The van der Waals surface area contributed by atoms with Crippen molar-refractivity contribution < 1.29 is 22.0 Å². The van der Waals surface area contributed by atoms with Crippen LogP contribution in [0.2, 0.25) is 0 Å². The van der Waals surface area contributed by atoms with E-state index in [1.54, 1.807) is 18.3 Å². The van der Waals surface area contributed by atoms with Gasteiger partial charge < -0.3 is 0 Å². The zero-order valence-corrected chi connectivity index (χ0v) is 15.3. The van der Waals surface area contributed by atoms with Crippen molar-refractivity contribution in [1.29, 1.82) is 0 Å². The Morgan fingerprint density at radius 1 is 1.19 bits per heavy atom. The van der Waals surface area contributed by atoms with Crippen molar-refractivity contribution in [3.05, 3.63) is 63.3 Å². The maximum atomic E-state index is 14.7. The molecule has 9 heteroatoms. The molecule has 0 spiro atoms. The first-order chi connectivity index (χ1) is 12.7. The number of benzene rings is 2. The van der Waals surface area contributed by atoms with Crippen molar-refractivity contribution >= 4 is 26.8 Å². The zero-order valence-electron chi connectivity index (χ0n) is 13.7. The van der Waals surface area contributed by atoms with Crippen LogP contribution in [0.3, 0.4) is 0 Å². The van der Waals surface area contributed by atoms with Gasteiger partial charge >= 0.3 is 6.18 Å². The van der Waals surface area contributed by atoms with Crippen LogP contribution in [-0.2, 0) is 6.42 Å². The number of alkyl halides is 3. The lowest BCUT2D eigenvalue weighted by Gasteiger charge is -2.38. The molecule has 0 radical (unpaired) electrons. The number of nitrogens with one attached hydrogen (secondary N) is 1. The number of nitrogens with zero attached hydrogens (tertiary/aromatic N) is 2. The molecule has 0 aliphatic carbocycles. The van der Waals surface area contributed by atoms with Gasteiger partial charge in [0.05, 0.1) is 24.3 Å². The zero-order chi connectivity index (χ0) is 19.3. The molecular weight excluding hydrogens is 433 g/mol. The number of fused-ring (bicyclic) bond motifs is 3. The molecule has 1 N–H and O–H groups in total. The van der Waals surface area contributed by atoms with Gasteiger partial charge in [0, 0.05) is 22.0 Å². The van der Waals surface area contributed by atoms with Crippen LogP contribution in [0.1, 0.15) is 22.7 Å². The third-order valence-corrected chi connectivity index (χ3v) is 5.24. The Balaban J connectivity index is 1.93. The topological polar surface area (TPSA) is 31.9 Å². The van der Waals surface area contributed by atoms with Gasteiger partial charge in [0.15, 0.2) is 0 Å². The first-order valence-corrected chi connectivity index (χ1v) is 8.94. The highest BCUT2D eigenvalue weighted by molar-refractivity contribution is 9.10. The average Bonchev–Trinajstić information content (AvgIpc) is 3.02. The second-order valence-corrected chi connectivity index (χ2v) is 7.40. The van der Waals surface area contributed by atoms with Crippen LogP contribution >= 0.6 is 15.9 Å². The van der Waals surface area contributed by atoms with Crippen molar-refractivity contribution in [2.75, 3.05) is 13.1 Å². The Hall–Kier alpha value is -2.00. The lowest BCUT2D eigenvalue weighted by molar-refractivity contribution is -0.150. The standard InChI is InChI=1S/C18H13BrF5N3/c19-9-5-13(20)16(14(21)6-9)17-11-1-2-15-12(7-25-26-15)10(11)3-4-27(17)8-18(22,23)24/h1-2,5-7,17H,3-4,8H2,(H,25,26). The lowest BCUT2D eigenvalue weighted by Crippen LogP contribution is -2.42. The number of aromatic amines is 1. The highest BCUT2D eigenvalue weighted by Crippen LogP contribution is 2.41. The average molecular weight is 446 g/mol. The lowest BCUT2D eigenvalue weighted by atomic mass is 9.86. The summed E-state index contributed by atoms with van der Waals surface area (Å²) >= 11 is 3.01. The molecule has 0 amide bonds. The molecule has 1 unspecified atom stereocenters. The van der Waals surface area contributed by atoms with Gasteiger partial charge in [0.2, 0.25) is 0 Å².